The standard InChI is InChI=1S/C22H18N4O6/c1-30-17-3-5-18(6-4-17)31-20-12-15(11-16(13-20)26(28)29)24-22(27)21-8-7-19(32-21)14-25-10-2-9-23-25/h2-13H,14H2,1H3,(H,24,27). The number of aromatic nitrogens is 2. The molecule has 0 spiro atoms. The minimum Gasteiger partial charge on any atom is -0.497 e. The number of hydrogen-bond acceptors (Lipinski definition) is 7. The first-order valence-electron chi connectivity index (χ1n) is 9.49. The Morgan fingerprint density at radius 1 is 1.12 bits per heavy atom. The normalized spacial score (nSPS) is 10.5. The van der Waals surface area contributed by atoms with Gasteiger partial charge in [0.25, 0.3) is 11.6 Å². The second-order valence-corrected chi connectivity index (χ2v) is 6.67. The van der Waals surface area contributed by atoms with Gasteiger partial charge in [-0.15, -0.1) is 0 Å². The molecule has 0 atom stereocenters. The van der Waals surface area contributed by atoms with Crippen LogP contribution >= 0.6 is 0 Å². The van der Waals surface area contributed by atoms with Crippen LogP contribution in [0.2, 0.25) is 0 Å². The molecule has 0 aliphatic rings. The number of methoxy groups -OCH3 is 1. The lowest BCUT2D eigenvalue weighted by atomic mass is 10.2. The highest BCUT2D eigenvalue weighted by Crippen LogP contribution is 2.31. The van der Waals surface area contributed by atoms with E-state index in [9.17, 15) is 14.9 Å². The van der Waals surface area contributed by atoms with Gasteiger partial charge in [0.05, 0.1) is 30.3 Å². The largest absolute Gasteiger partial charge is 0.497 e. The van der Waals surface area contributed by atoms with E-state index < -0.39 is 10.8 Å². The molecule has 1 amide bonds. The number of rotatable bonds is 8. The molecule has 162 valence electrons. The van der Waals surface area contributed by atoms with E-state index in [4.69, 9.17) is 13.9 Å². The van der Waals surface area contributed by atoms with Gasteiger partial charge in [0.1, 0.15) is 23.0 Å². The van der Waals surface area contributed by atoms with Crippen molar-refractivity contribution in [3.8, 4) is 17.2 Å². The van der Waals surface area contributed by atoms with Crippen molar-refractivity contribution < 1.29 is 23.6 Å². The average Bonchev–Trinajstić information content (AvgIpc) is 3.47. The molecule has 0 saturated carbocycles. The van der Waals surface area contributed by atoms with Crippen molar-refractivity contribution >= 4 is 17.3 Å². The summed E-state index contributed by atoms with van der Waals surface area (Å²) in [5.41, 5.74) is -0.0390. The molecule has 4 rings (SSSR count). The highest BCUT2D eigenvalue weighted by Gasteiger charge is 2.16. The van der Waals surface area contributed by atoms with E-state index in [2.05, 4.69) is 10.4 Å². The highest BCUT2D eigenvalue weighted by molar-refractivity contribution is 6.02. The van der Waals surface area contributed by atoms with Gasteiger partial charge in [-0.25, -0.2) is 0 Å². The zero-order valence-electron chi connectivity index (χ0n) is 16.9. The molecule has 10 heteroatoms. The number of furan rings is 1. The van der Waals surface area contributed by atoms with Crippen LogP contribution in [0.3, 0.4) is 0 Å². The molecule has 2 heterocycles. The summed E-state index contributed by atoms with van der Waals surface area (Å²) in [6.07, 6.45) is 3.42. The summed E-state index contributed by atoms with van der Waals surface area (Å²) in [5.74, 6) is 1.36. The number of nitrogens with one attached hydrogen (secondary N) is 1. The number of carbonyl (C=O) groups excluding carboxylic acids is 1. The summed E-state index contributed by atoms with van der Waals surface area (Å²) in [4.78, 5) is 23.4. The Morgan fingerprint density at radius 2 is 1.91 bits per heavy atom. The van der Waals surface area contributed by atoms with Crippen LogP contribution in [-0.4, -0.2) is 27.7 Å². The topological polar surface area (TPSA) is 122 Å². The Morgan fingerprint density at radius 3 is 2.59 bits per heavy atom. The SMILES string of the molecule is COc1ccc(Oc2cc(NC(=O)c3ccc(Cn4cccn4)o3)cc([N+](=O)[O-])c2)cc1. The molecule has 0 unspecified atom stereocenters. The van der Waals surface area contributed by atoms with Gasteiger partial charge >= 0.3 is 0 Å². The van der Waals surface area contributed by atoms with Crippen LogP contribution in [0.25, 0.3) is 0 Å². The molecular formula is C22H18N4O6. The summed E-state index contributed by atoms with van der Waals surface area (Å²) < 4.78 is 18.0. The van der Waals surface area contributed by atoms with E-state index in [0.29, 0.717) is 23.8 Å². The summed E-state index contributed by atoms with van der Waals surface area (Å²) >= 11 is 0. The van der Waals surface area contributed by atoms with Crippen molar-refractivity contribution in [2.45, 2.75) is 6.54 Å². The second kappa shape index (κ2) is 9.04. The molecule has 0 bridgehead atoms. The van der Waals surface area contributed by atoms with Crippen LogP contribution < -0.4 is 14.8 Å². The molecule has 2 aromatic carbocycles. The maximum atomic E-state index is 12.6. The van der Waals surface area contributed by atoms with E-state index in [1.165, 1.54) is 24.3 Å². The summed E-state index contributed by atoms with van der Waals surface area (Å²) in [6, 6.07) is 15.7. The molecule has 32 heavy (non-hydrogen) atoms. The van der Waals surface area contributed by atoms with Crippen LogP contribution in [0.1, 0.15) is 16.3 Å². The van der Waals surface area contributed by atoms with Crippen LogP contribution in [0.4, 0.5) is 11.4 Å². The monoisotopic (exact) mass is 434 g/mol. The van der Waals surface area contributed by atoms with Crippen molar-refractivity contribution in [2.75, 3.05) is 12.4 Å². The minimum absolute atomic E-state index is 0.0660. The Hall–Kier alpha value is -4.60. The molecular weight excluding hydrogens is 416 g/mol. The van der Waals surface area contributed by atoms with Crippen molar-refractivity contribution in [3.63, 3.8) is 0 Å². The molecule has 0 saturated heterocycles. The molecule has 2 aromatic heterocycles. The predicted molar refractivity (Wildman–Crippen MR) is 114 cm³/mol. The summed E-state index contributed by atoms with van der Waals surface area (Å²) in [6.45, 7) is 0.372. The lowest BCUT2D eigenvalue weighted by Gasteiger charge is -2.09. The van der Waals surface area contributed by atoms with Crippen LogP contribution in [0, 0.1) is 10.1 Å². The van der Waals surface area contributed by atoms with Gasteiger partial charge < -0.3 is 19.2 Å². The van der Waals surface area contributed by atoms with Gasteiger partial charge in [0.15, 0.2) is 5.76 Å². The third-order valence-electron chi connectivity index (χ3n) is 4.42. The quantitative estimate of drug-likeness (QED) is 0.320. The number of anilines is 1. The molecule has 0 aliphatic carbocycles. The smallest absolute Gasteiger partial charge is 0.291 e. The fraction of sp³-hybridized carbons (Fsp3) is 0.0909. The lowest BCUT2D eigenvalue weighted by Crippen LogP contribution is -2.11. The van der Waals surface area contributed by atoms with E-state index >= 15 is 0 Å². The molecule has 0 radical (unpaired) electrons. The number of nitro benzene ring substituents is 1. The van der Waals surface area contributed by atoms with E-state index in [0.717, 1.165) is 0 Å². The Kier molecular flexibility index (Phi) is 5.84. The Labute approximate surface area is 182 Å². The van der Waals surface area contributed by atoms with Crippen molar-refractivity contribution in [3.05, 3.63) is 94.7 Å². The Balaban J connectivity index is 1.51. The van der Waals surface area contributed by atoms with Crippen molar-refractivity contribution in [1.82, 2.24) is 9.78 Å². The minimum atomic E-state index is -0.564. The number of hydrogen-bond donors (Lipinski definition) is 1. The zero-order valence-corrected chi connectivity index (χ0v) is 16.9. The number of carbonyl (C=O) groups is 1. The van der Waals surface area contributed by atoms with Crippen molar-refractivity contribution in [1.29, 1.82) is 0 Å². The molecule has 10 nitrogen and oxygen atoms in total. The average molecular weight is 434 g/mol. The maximum absolute atomic E-state index is 12.6. The number of nitrogens with zero attached hydrogens (tertiary/aromatic N) is 3. The Bertz CT molecular complexity index is 1230. The van der Waals surface area contributed by atoms with Crippen LogP contribution in [0.5, 0.6) is 17.2 Å². The maximum Gasteiger partial charge on any atom is 0.291 e. The molecule has 0 aliphatic heterocycles. The molecule has 0 fully saturated rings. The van der Waals surface area contributed by atoms with Crippen molar-refractivity contribution in [2.24, 2.45) is 0 Å². The molecule has 4 aromatic rings. The van der Waals surface area contributed by atoms with Gasteiger partial charge in [-0.05, 0) is 42.5 Å². The van der Waals surface area contributed by atoms with Crippen LogP contribution in [0.15, 0.2) is 77.5 Å². The third-order valence-corrected chi connectivity index (χ3v) is 4.42. The first-order valence-corrected chi connectivity index (χ1v) is 9.49. The number of nitro groups is 1. The van der Waals surface area contributed by atoms with Crippen LogP contribution in [-0.2, 0) is 6.54 Å². The fourth-order valence-corrected chi connectivity index (χ4v) is 2.93. The number of non-ortho nitro benzene ring substituents is 1. The van der Waals surface area contributed by atoms with Gasteiger partial charge in [-0.2, -0.15) is 5.10 Å². The van der Waals surface area contributed by atoms with Gasteiger partial charge in [0, 0.05) is 24.5 Å². The highest BCUT2D eigenvalue weighted by atomic mass is 16.6. The second-order valence-electron chi connectivity index (χ2n) is 6.67. The summed E-state index contributed by atoms with van der Waals surface area (Å²) in [5, 5.41) is 18.0. The zero-order chi connectivity index (χ0) is 22.5. The number of amides is 1. The first kappa shape index (κ1) is 20.7. The van der Waals surface area contributed by atoms with E-state index in [1.807, 2.05) is 0 Å². The fourth-order valence-electron chi connectivity index (χ4n) is 2.93. The van der Waals surface area contributed by atoms with Gasteiger partial charge in [0.2, 0.25) is 0 Å². The van der Waals surface area contributed by atoms with Gasteiger partial charge in [-0.1, -0.05) is 0 Å². The molecule has 1 N–H and O–H groups in total. The first-order chi connectivity index (χ1) is 15.5. The van der Waals surface area contributed by atoms with Gasteiger partial charge in [-0.3, -0.25) is 19.6 Å². The third kappa shape index (κ3) is 4.93. The predicted octanol–water partition coefficient (Wildman–Crippen LogP) is 4.49. The van der Waals surface area contributed by atoms with E-state index in [-0.39, 0.29) is 22.9 Å². The van der Waals surface area contributed by atoms with E-state index in [1.54, 1.807) is 60.6 Å². The summed E-state index contributed by atoms with van der Waals surface area (Å²) in [7, 11) is 1.55. The number of ether oxygens (including phenoxy) is 2. The lowest BCUT2D eigenvalue weighted by molar-refractivity contribution is -0.384. The number of benzene rings is 2.